The standard InChI is InChI=1S/C11H18O9/c1-7(13)17-4-9(15)5-19-11(16)20-10(3-12)6-18-8(2)14/h9-10,12,15H,3-6H2,1-2H3. The molecule has 2 unspecified atom stereocenters. The topological polar surface area (TPSA) is 129 Å². The highest BCUT2D eigenvalue weighted by molar-refractivity contribution is 5.66. The van der Waals surface area contributed by atoms with Crippen LogP contribution in [-0.2, 0) is 28.5 Å². The molecule has 0 aliphatic rings. The molecule has 20 heavy (non-hydrogen) atoms. The van der Waals surface area contributed by atoms with Gasteiger partial charge in [0.2, 0.25) is 0 Å². The van der Waals surface area contributed by atoms with Crippen molar-refractivity contribution in [3.63, 3.8) is 0 Å². The van der Waals surface area contributed by atoms with Crippen molar-refractivity contribution in [3.05, 3.63) is 0 Å². The summed E-state index contributed by atoms with van der Waals surface area (Å²) in [6.07, 6.45) is -3.40. The van der Waals surface area contributed by atoms with Crippen LogP contribution in [-0.4, -0.2) is 66.9 Å². The highest BCUT2D eigenvalue weighted by Crippen LogP contribution is 1.98. The molecule has 0 bridgehead atoms. The first-order valence-corrected chi connectivity index (χ1v) is 5.74. The zero-order chi connectivity index (χ0) is 15.5. The van der Waals surface area contributed by atoms with E-state index in [9.17, 15) is 19.5 Å². The number of esters is 2. The van der Waals surface area contributed by atoms with Gasteiger partial charge in [0.15, 0.2) is 6.10 Å². The van der Waals surface area contributed by atoms with Gasteiger partial charge in [0.1, 0.15) is 25.9 Å². The van der Waals surface area contributed by atoms with E-state index < -0.39 is 43.5 Å². The van der Waals surface area contributed by atoms with Crippen molar-refractivity contribution in [1.82, 2.24) is 0 Å². The van der Waals surface area contributed by atoms with Gasteiger partial charge in [0.25, 0.3) is 0 Å². The number of carbonyl (C=O) groups excluding carboxylic acids is 3. The number of hydrogen-bond acceptors (Lipinski definition) is 9. The van der Waals surface area contributed by atoms with Crippen LogP contribution in [0.25, 0.3) is 0 Å². The van der Waals surface area contributed by atoms with Crippen molar-refractivity contribution in [2.75, 3.05) is 26.4 Å². The van der Waals surface area contributed by atoms with E-state index in [0.717, 1.165) is 6.92 Å². The number of rotatable bonds is 8. The summed E-state index contributed by atoms with van der Waals surface area (Å²) >= 11 is 0. The fourth-order valence-corrected chi connectivity index (χ4v) is 0.930. The van der Waals surface area contributed by atoms with E-state index in [-0.39, 0.29) is 13.2 Å². The molecule has 0 saturated heterocycles. The Morgan fingerprint density at radius 2 is 1.45 bits per heavy atom. The van der Waals surface area contributed by atoms with Crippen LogP contribution in [0.1, 0.15) is 13.8 Å². The van der Waals surface area contributed by atoms with Gasteiger partial charge < -0.3 is 29.2 Å². The smallest absolute Gasteiger partial charge is 0.463 e. The summed E-state index contributed by atoms with van der Waals surface area (Å²) in [7, 11) is 0. The number of aliphatic hydroxyl groups is 2. The van der Waals surface area contributed by atoms with Gasteiger partial charge in [0.05, 0.1) is 6.61 Å². The Morgan fingerprint density at radius 1 is 0.950 bits per heavy atom. The molecule has 2 atom stereocenters. The molecule has 9 heteroatoms. The van der Waals surface area contributed by atoms with Crippen molar-refractivity contribution in [2.24, 2.45) is 0 Å². The molecular weight excluding hydrogens is 276 g/mol. The third-order valence-corrected chi connectivity index (χ3v) is 1.81. The number of hydrogen-bond donors (Lipinski definition) is 2. The second-order valence-corrected chi connectivity index (χ2v) is 3.74. The summed E-state index contributed by atoms with van der Waals surface area (Å²) in [4.78, 5) is 32.2. The monoisotopic (exact) mass is 294 g/mol. The van der Waals surface area contributed by atoms with Gasteiger partial charge in [-0.2, -0.15) is 0 Å². The third kappa shape index (κ3) is 10.1. The minimum atomic E-state index is -1.19. The second kappa shape index (κ2) is 9.98. The molecule has 0 aromatic carbocycles. The van der Waals surface area contributed by atoms with E-state index in [1.807, 2.05) is 0 Å². The normalized spacial score (nSPS) is 13.0. The van der Waals surface area contributed by atoms with Crippen LogP contribution in [0.4, 0.5) is 4.79 Å². The van der Waals surface area contributed by atoms with Crippen LogP contribution >= 0.6 is 0 Å². The number of carbonyl (C=O) groups is 3. The molecule has 0 aliphatic carbocycles. The molecule has 0 rings (SSSR count). The van der Waals surface area contributed by atoms with E-state index >= 15 is 0 Å². The number of aliphatic hydroxyl groups excluding tert-OH is 2. The molecule has 0 aromatic rings. The summed E-state index contributed by atoms with van der Waals surface area (Å²) in [6.45, 7) is 0.702. The summed E-state index contributed by atoms with van der Waals surface area (Å²) < 4.78 is 18.2. The van der Waals surface area contributed by atoms with E-state index in [0.29, 0.717) is 0 Å². The highest BCUT2D eigenvalue weighted by Gasteiger charge is 2.17. The third-order valence-electron chi connectivity index (χ3n) is 1.81. The van der Waals surface area contributed by atoms with Gasteiger partial charge >= 0.3 is 18.1 Å². The lowest BCUT2D eigenvalue weighted by Crippen LogP contribution is -2.30. The summed E-state index contributed by atoms with van der Waals surface area (Å²) in [5, 5.41) is 18.2. The molecule has 0 spiro atoms. The van der Waals surface area contributed by atoms with Crippen LogP contribution < -0.4 is 0 Å². The van der Waals surface area contributed by atoms with Gasteiger partial charge in [-0.25, -0.2) is 4.79 Å². The molecule has 0 aromatic heterocycles. The van der Waals surface area contributed by atoms with Crippen LogP contribution in [0.3, 0.4) is 0 Å². The first-order chi connectivity index (χ1) is 9.35. The molecule has 2 N–H and O–H groups in total. The first-order valence-electron chi connectivity index (χ1n) is 5.74. The minimum Gasteiger partial charge on any atom is -0.463 e. The van der Waals surface area contributed by atoms with E-state index in [1.165, 1.54) is 6.92 Å². The summed E-state index contributed by atoms with van der Waals surface area (Å²) in [5.41, 5.74) is 0. The van der Waals surface area contributed by atoms with Gasteiger partial charge in [0, 0.05) is 13.8 Å². The Hall–Kier alpha value is -1.87. The maximum absolute atomic E-state index is 11.2. The van der Waals surface area contributed by atoms with Crippen molar-refractivity contribution in [1.29, 1.82) is 0 Å². The number of ether oxygens (including phenoxy) is 4. The zero-order valence-corrected chi connectivity index (χ0v) is 11.2. The van der Waals surface area contributed by atoms with Crippen molar-refractivity contribution >= 4 is 18.1 Å². The Bertz CT molecular complexity index is 328. The van der Waals surface area contributed by atoms with Crippen molar-refractivity contribution < 1.29 is 43.5 Å². The Morgan fingerprint density at radius 3 is 1.95 bits per heavy atom. The van der Waals surface area contributed by atoms with E-state index in [1.54, 1.807) is 0 Å². The molecule has 0 amide bonds. The van der Waals surface area contributed by atoms with Gasteiger partial charge in [-0.3, -0.25) is 9.59 Å². The second-order valence-electron chi connectivity index (χ2n) is 3.74. The molecule has 0 aliphatic heterocycles. The molecule has 0 radical (unpaired) electrons. The average molecular weight is 294 g/mol. The van der Waals surface area contributed by atoms with Gasteiger partial charge in [-0.1, -0.05) is 0 Å². The molecule has 9 nitrogen and oxygen atoms in total. The lowest BCUT2D eigenvalue weighted by Gasteiger charge is -2.16. The molecular formula is C11H18O9. The Kier molecular flexibility index (Phi) is 9.05. The summed E-state index contributed by atoms with van der Waals surface area (Å²) in [6, 6.07) is 0. The molecule has 0 heterocycles. The maximum Gasteiger partial charge on any atom is 0.508 e. The molecule has 116 valence electrons. The molecule has 0 saturated carbocycles. The first kappa shape index (κ1) is 18.1. The Labute approximate surface area is 115 Å². The SMILES string of the molecule is CC(=O)OCC(O)COC(=O)OC(CO)COC(C)=O. The van der Waals surface area contributed by atoms with E-state index in [2.05, 4.69) is 18.9 Å². The van der Waals surface area contributed by atoms with Gasteiger partial charge in [-0.05, 0) is 0 Å². The van der Waals surface area contributed by atoms with Crippen LogP contribution in [0.5, 0.6) is 0 Å². The highest BCUT2D eigenvalue weighted by atomic mass is 16.7. The largest absolute Gasteiger partial charge is 0.508 e. The average Bonchev–Trinajstić information content (AvgIpc) is 2.38. The predicted molar refractivity (Wildman–Crippen MR) is 62.6 cm³/mol. The quantitative estimate of drug-likeness (QED) is 0.427. The summed E-state index contributed by atoms with van der Waals surface area (Å²) in [5.74, 6) is -1.16. The minimum absolute atomic E-state index is 0.309. The lowest BCUT2D eigenvalue weighted by atomic mass is 10.4. The lowest BCUT2D eigenvalue weighted by molar-refractivity contribution is -0.147. The fourth-order valence-electron chi connectivity index (χ4n) is 0.930. The molecule has 0 fully saturated rings. The van der Waals surface area contributed by atoms with Crippen molar-refractivity contribution in [3.8, 4) is 0 Å². The van der Waals surface area contributed by atoms with Gasteiger partial charge in [-0.15, -0.1) is 0 Å². The maximum atomic E-state index is 11.2. The van der Waals surface area contributed by atoms with Crippen molar-refractivity contribution in [2.45, 2.75) is 26.1 Å². The zero-order valence-electron chi connectivity index (χ0n) is 11.2. The van der Waals surface area contributed by atoms with Crippen LogP contribution in [0.2, 0.25) is 0 Å². The predicted octanol–water partition coefficient (Wildman–Crippen LogP) is -1.01. The fraction of sp³-hybridized carbons (Fsp3) is 0.727. The van der Waals surface area contributed by atoms with E-state index in [4.69, 9.17) is 5.11 Å². The Balaban J connectivity index is 3.89. The van der Waals surface area contributed by atoms with Crippen LogP contribution in [0, 0.1) is 0 Å². The van der Waals surface area contributed by atoms with Crippen LogP contribution in [0.15, 0.2) is 0 Å².